The maximum atomic E-state index is 13.6. The Labute approximate surface area is 185 Å². The predicted octanol–water partition coefficient (Wildman–Crippen LogP) is 4.83. The molecule has 0 aliphatic heterocycles. The number of hydrogen-bond donors (Lipinski definition) is 2. The highest BCUT2D eigenvalue weighted by Crippen LogP contribution is 2.41. The SMILES string of the molecule is CCn1nc(-c2cc(-c3ccc(OCCN)c(C(F)(F)F)c3)n[nH]2)c2c1CC(C)(C)CC2. The molecule has 9 heteroatoms. The number of hydrogen-bond acceptors (Lipinski definition) is 4. The lowest BCUT2D eigenvalue weighted by molar-refractivity contribution is -0.138. The van der Waals surface area contributed by atoms with E-state index in [1.807, 2.05) is 4.68 Å². The molecule has 1 aliphatic rings. The first kappa shape index (κ1) is 22.4. The van der Waals surface area contributed by atoms with Gasteiger partial charge in [-0.15, -0.1) is 0 Å². The molecule has 1 aromatic carbocycles. The largest absolute Gasteiger partial charge is 0.492 e. The van der Waals surface area contributed by atoms with Gasteiger partial charge < -0.3 is 10.5 Å². The summed E-state index contributed by atoms with van der Waals surface area (Å²) in [6.07, 6.45) is -1.63. The van der Waals surface area contributed by atoms with Crippen LogP contribution in [0.25, 0.3) is 22.6 Å². The van der Waals surface area contributed by atoms with E-state index in [9.17, 15) is 13.2 Å². The van der Waals surface area contributed by atoms with E-state index < -0.39 is 11.7 Å². The van der Waals surface area contributed by atoms with Crippen LogP contribution in [0.15, 0.2) is 24.3 Å². The molecule has 0 fully saturated rings. The fourth-order valence-electron chi connectivity index (χ4n) is 4.27. The molecule has 3 N–H and O–H groups in total. The number of aromatic nitrogens is 4. The highest BCUT2D eigenvalue weighted by molar-refractivity contribution is 5.70. The van der Waals surface area contributed by atoms with E-state index in [2.05, 4.69) is 31.0 Å². The van der Waals surface area contributed by atoms with Gasteiger partial charge in [-0.05, 0) is 55.9 Å². The lowest BCUT2D eigenvalue weighted by atomic mass is 9.76. The summed E-state index contributed by atoms with van der Waals surface area (Å²) in [5, 5.41) is 12.1. The van der Waals surface area contributed by atoms with Gasteiger partial charge in [0.25, 0.3) is 0 Å². The topological polar surface area (TPSA) is 81.8 Å². The third-order valence-corrected chi connectivity index (χ3v) is 5.95. The summed E-state index contributed by atoms with van der Waals surface area (Å²) in [6.45, 7) is 7.49. The van der Waals surface area contributed by atoms with Crippen LogP contribution in [0, 0.1) is 5.41 Å². The zero-order valence-electron chi connectivity index (χ0n) is 18.5. The Morgan fingerprint density at radius 3 is 2.72 bits per heavy atom. The van der Waals surface area contributed by atoms with E-state index in [0.717, 1.165) is 37.6 Å². The molecule has 2 aromatic heterocycles. The molecule has 3 aromatic rings. The quantitative estimate of drug-likeness (QED) is 0.567. The van der Waals surface area contributed by atoms with Gasteiger partial charge in [0.05, 0.1) is 17.0 Å². The third-order valence-electron chi connectivity index (χ3n) is 5.95. The van der Waals surface area contributed by atoms with Gasteiger partial charge in [-0.1, -0.05) is 13.8 Å². The Kier molecular flexibility index (Phi) is 5.79. The number of nitrogens with two attached hydrogens (primary N) is 1. The van der Waals surface area contributed by atoms with Crippen LogP contribution in [0.1, 0.15) is 44.0 Å². The average molecular weight is 448 g/mol. The number of nitrogens with one attached hydrogen (secondary N) is 1. The smallest absolute Gasteiger partial charge is 0.419 e. The average Bonchev–Trinajstić information content (AvgIpc) is 3.35. The second kappa shape index (κ2) is 8.27. The Hall–Kier alpha value is -2.81. The van der Waals surface area contributed by atoms with Crippen LogP contribution in [0.2, 0.25) is 0 Å². The standard InChI is InChI=1S/C23H28F3N5O/c1-4-31-19-13-22(2,3)8-7-15(19)21(30-31)18-12-17(28-29-18)14-5-6-20(32-10-9-27)16(11-14)23(24,25)26/h5-6,11-12H,4,7-10,13,27H2,1-3H3,(H,28,29). The van der Waals surface area contributed by atoms with Crippen molar-refractivity contribution < 1.29 is 17.9 Å². The minimum absolute atomic E-state index is 0.0109. The van der Waals surface area contributed by atoms with Crippen molar-refractivity contribution in [3.05, 3.63) is 41.1 Å². The summed E-state index contributed by atoms with van der Waals surface area (Å²) < 4.78 is 48.0. The lowest BCUT2D eigenvalue weighted by Crippen LogP contribution is -2.24. The normalized spacial score (nSPS) is 15.6. The van der Waals surface area contributed by atoms with Gasteiger partial charge in [0.2, 0.25) is 0 Å². The number of aryl methyl sites for hydroxylation is 1. The van der Waals surface area contributed by atoms with Crippen molar-refractivity contribution in [2.45, 2.75) is 52.8 Å². The molecule has 0 spiro atoms. The van der Waals surface area contributed by atoms with Crippen molar-refractivity contribution in [1.29, 1.82) is 0 Å². The molecule has 0 unspecified atom stereocenters. The van der Waals surface area contributed by atoms with Gasteiger partial charge in [-0.25, -0.2) is 0 Å². The van der Waals surface area contributed by atoms with Crippen LogP contribution in [0.4, 0.5) is 13.2 Å². The molecule has 0 atom stereocenters. The number of alkyl halides is 3. The Morgan fingerprint density at radius 1 is 1.25 bits per heavy atom. The van der Waals surface area contributed by atoms with Crippen molar-refractivity contribution in [2.24, 2.45) is 11.1 Å². The summed E-state index contributed by atoms with van der Waals surface area (Å²) in [7, 11) is 0. The minimum atomic E-state index is -4.55. The number of rotatable bonds is 6. The Bertz CT molecular complexity index is 1110. The van der Waals surface area contributed by atoms with Crippen molar-refractivity contribution in [1.82, 2.24) is 20.0 Å². The lowest BCUT2D eigenvalue weighted by Gasteiger charge is -2.30. The van der Waals surface area contributed by atoms with Gasteiger partial charge in [0, 0.05) is 29.9 Å². The number of fused-ring (bicyclic) bond motifs is 1. The maximum Gasteiger partial charge on any atom is 0.419 e. The summed E-state index contributed by atoms with van der Waals surface area (Å²) >= 11 is 0. The second-order valence-corrected chi connectivity index (χ2v) is 8.94. The summed E-state index contributed by atoms with van der Waals surface area (Å²) in [5.41, 5.74) is 9.48. The third kappa shape index (κ3) is 4.26. The molecule has 32 heavy (non-hydrogen) atoms. The fourth-order valence-corrected chi connectivity index (χ4v) is 4.27. The first-order valence-electron chi connectivity index (χ1n) is 10.8. The van der Waals surface area contributed by atoms with Crippen LogP contribution < -0.4 is 10.5 Å². The van der Waals surface area contributed by atoms with E-state index >= 15 is 0 Å². The van der Waals surface area contributed by atoms with Crippen molar-refractivity contribution in [2.75, 3.05) is 13.2 Å². The summed E-state index contributed by atoms with van der Waals surface area (Å²) in [5.74, 6) is -0.235. The monoisotopic (exact) mass is 447 g/mol. The summed E-state index contributed by atoms with van der Waals surface area (Å²) in [4.78, 5) is 0. The molecule has 4 rings (SSSR count). The molecular weight excluding hydrogens is 419 g/mol. The van der Waals surface area contributed by atoms with E-state index in [0.29, 0.717) is 17.0 Å². The molecule has 2 heterocycles. The highest BCUT2D eigenvalue weighted by atomic mass is 19.4. The van der Waals surface area contributed by atoms with Gasteiger partial charge in [0.1, 0.15) is 18.1 Å². The fraction of sp³-hybridized carbons (Fsp3) is 0.478. The van der Waals surface area contributed by atoms with Crippen LogP contribution >= 0.6 is 0 Å². The summed E-state index contributed by atoms with van der Waals surface area (Å²) in [6, 6.07) is 5.72. The van der Waals surface area contributed by atoms with Gasteiger partial charge in [-0.3, -0.25) is 9.78 Å². The molecule has 6 nitrogen and oxygen atoms in total. The minimum Gasteiger partial charge on any atom is -0.492 e. The van der Waals surface area contributed by atoms with Gasteiger partial charge >= 0.3 is 6.18 Å². The Balaban J connectivity index is 1.70. The van der Waals surface area contributed by atoms with E-state index in [-0.39, 0.29) is 24.3 Å². The predicted molar refractivity (Wildman–Crippen MR) is 116 cm³/mol. The number of halogens is 3. The Morgan fingerprint density at radius 2 is 2.03 bits per heavy atom. The molecule has 0 amide bonds. The number of H-pyrrole nitrogens is 1. The number of benzene rings is 1. The van der Waals surface area contributed by atoms with Gasteiger partial charge in [0.15, 0.2) is 0 Å². The molecule has 0 radical (unpaired) electrons. The van der Waals surface area contributed by atoms with Crippen LogP contribution in [0.3, 0.4) is 0 Å². The van der Waals surface area contributed by atoms with Crippen molar-refractivity contribution >= 4 is 0 Å². The van der Waals surface area contributed by atoms with Crippen molar-refractivity contribution in [3.8, 4) is 28.4 Å². The zero-order valence-corrected chi connectivity index (χ0v) is 18.5. The molecule has 1 aliphatic carbocycles. The molecule has 0 saturated carbocycles. The van der Waals surface area contributed by atoms with E-state index in [4.69, 9.17) is 15.6 Å². The second-order valence-electron chi connectivity index (χ2n) is 8.94. The maximum absolute atomic E-state index is 13.6. The number of ether oxygens (including phenoxy) is 1. The first-order valence-corrected chi connectivity index (χ1v) is 10.8. The van der Waals surface area contributed by atoms with Gasteiger partial charge in [-0.2, -0.15) is 23.4 Å². The van der Waals surface area contributed by atoms with Crippen LogP contribution in [-0.2, 0) is 25.6 Å². The molecule has 172 valence electrons. The van der Waals surface area contributed by atoms with E-state index in [1.165, 1.54) is 17.3 Å². The molecular formula is C23H28F3N5O. The molecule has 0 bridgehead atoms. The number of nitrogens with zero attached hydrogens (tertiary/aromatic N) is 3. The first-order chi connectivity index (χ1) is 15.1. The molecule has 0 saturated heterocycles. The van der Waals surface area contributed by atoms with Crippen LogP contribution in [-0.4, -0.2) is 33.1 Å². The van der Waals surface area contributed by atoms with Crippen LogP contribution in [0.5, 0.6) is 5.75 Å². The number of aromatic amines is 1. The zero-order chi connectivity index (χ0) is 23.1. The highest BCUT2D eigenvalue weighted by Gasteiger charge is 2.35. The van der Waals surface area contributed by atoms with Crippen molar-refractivity contribution in [3.63, 3.8) is 0 Å². The van der Waals surface area contributed by atoms with E-state index in [1.54, 1.807) is 12.1 Å².